The molecule has 2 aromatic carbocycles. The van der Waals surface area contributed by atoms with Crippen molar-refractivity contribution in [3.05, 3.63) is 58.1 Å². The van der Waals surface area contributed by atoms with E-state index in [-0.39, 0.29) is 17.7 Å². The van der Waals surface area contributed by atoms with E-state index in [2.05, 4.69) is 0 Å². The lowest BCUT2D eigenvalue weighted by Crippen LogP contribution is -2.36. The number of unbranched alkanes of at least 4 members (excludes halogenated alkanes) is 1. The summed E-state index contributed by atoms with van der Waals surface area (Å²) < 4.78 is 5.54. The highest BCUT2D eigenvalue weighted by Crippen LogP contribution is 2.39. The van der Waals surface area contributed by atoms with Crippen LogP contribution < -0.4 is 9.64 Å². The quantitative estimate of drug-likeness (QED) is 0.704. The molecular weight excluding hydrogens is 380 g/mol. The third kappa shape index (κ3) is 3.16. The van der Waals surface area contributed by atoms with Crippen LogP contribution in [0.5, 0.6) is 5.75 Å². The summed E-state index contributed by atoms with van der Waals surface area (Å²) in [7, 11) is 1.60. The number of rotatable bonds is 5. The number of fused-ring (bicyclic) bond motifs is 2. The fraction of sp³-hybridized carbons (Fsp3) is 0.375. The number of aryl methyl sites for hydroxylation is 1. The fourth-order valence-electron chi connectivity index (χ4n) is 4.32. The number of benzene rings is 2. The van der Waals surface area contributed by atoms with Crippen molar-refractivity contribution in [1.29, 1.82) is 0 Å². The molecule has 2 aliphatic heterocycles. The molecule has 0 bridgehead atoms. The van der Waals surface area contributed by atoms with Gasteiger partial charge in [-0.15, -0.1) is 0 Å². The maximum atomic E-state index is 13.4. The first-order valence-electron chi connectivity index (χ1n) is 10.5. The maximum Gasteiger partial charge on any atom is 0.261 e. The Morgan fingerprint density at radius 3 is 2.60 bits per heavy atom. The van der Waals surface area contributed by atoms with Crippen molar-refractivity contribution in [3.63, 3.8) is 0 Å². The Bertz CT molecular complexity index is 1040. The van der Waals surface area contributed by atoms with Gasteiger partial charge in [-0.25, -0.2) is 0 Å². The molecule has 156 valence electrons. The Morgan fingerprint density at radius 1 is 1.10 bits per heavy atom. The summed E-state index contributed by atoms with van der Waals surface area (Å²) in [6, 6.07) is 8.71. The summed E-state index contributed by atoms with van der Waals surface area (Å²) in [4.78, 5) is 41.8. The van der Waals surface area contributed by atoms with Gasteiger partial charge in [0.2, 0.25) is 0 Å². The zero-order valence-electron chi connectivity index (χ0n) is 17.7. The average molecular weight is 406 g/mol. The highest BCUT2D eigenvalue weighted by molar-refractivity contribution is 6.22. The molecular formula is C24H26N2O4. The molecule has 3 amide bonds. The van der Waals surface area contributed by atoms with Gasteiger partial charge >= 0.3 is 0 Å². The molecule has 0 spiro atoms. The molecule has 0 fully saturated rings. The Kier molecular flexibility index (Phi) is 5.33. The van der Waals surface area contributed by atoms with Crippen LogP contribution in [-0.4, -0.2) is 42.8 Å². The van der Waals surface area contributed by atoms with Crippen LogP contribution in [0.4, 0.5) is 5.69 Å². The summed E-state index contributed by atoms with van der Waals surface area (Å²) >= 11 is 0. The van der Waals surface area contributed by atoms with Crippen LogP contribution in [0.25, 0.3) is 0 Å². The smallest absolute Gasteiger partial charge is 0.261 e. The molecule has 6 nitrogen and oxygen atoms in total. The molecule has 0 atom stereocenters. The van der Waals surface area contributed by atoms with E-state index in [1.54, 1.807) is 30.2 Å². The van der Waals surface area contributed by atoms with Gasteiger partial charge in [0.05, 0.1) is 23.9 Å². The van der Waals surface area contributed by atoms with Crippen LogP contribution in [0.2, 0.25) is 0 Å². The van der Waals surface area contributed by atoms with E-state index >= 15 is 0 Å². The first-order chi connectivity index (χ1) is 14.5. The highest BCUT2D eigenvalue weighted by atomic mass is 16.5. The zero-order chi connectivity index (χ0) is 21.4. The zero-order valence-corrected chi connectivity index (χ0v) is 17.7. The van der Waals surface area contributed by atoms with Crippen LogP contribution >= 0.6 is 0 Å². The second-order valence-corrected chi connectivity index (χ2v) is 7.85. The minimum absolute atomic E-state index is 0.185. The van der Waals surface area contributed by atoms with Crippen molar-refractivity contribution < 1.29 is 19.1 Å². The molecule has 30 heavy (non-hydrogen) atoms. The number of imide groups is 1. The van der Waals surface area contributed by atoms with Crippen molar-refractivity contribution in [2.75, 3.05) is 25.1 Å². The van der Waals surface area contributed by atoms with E-state index in [4.69, 9.17) is 4.74 Å². The number of ether oxygens (including phenoxy) is 1. The Balaban J connectivity index is 1.70. The van der Waals surface area contributed by atoms with Crippen LogP contribution in [0.3, 0.4) is 0 Å². The van der Waals surface area contributed by atoms with Crippen LogP contribution in [0.15, 0.2) is 30.3 Å². The third-order valence-corrected chi connectivity index (χ3v) is 5.98. The van der Waals surface area contributed by atoms with E-state index in [1.165, 1.54) is 4.90 Å². The minimum Gasteiger partial charge on any atom is -0.495 e. The number of carbonyl (C=O) groups is 3. The van der Waals surface area contributed by atoms with Gasteiger partial charge in [-0.2, -0.15) is 0 Å². The molecule has 2 heterocycles. The minimum atomic E-state index is -0.314. The van der Waals surface area contributed by atoms with E-state index in [0.29, 0.717) is 35.5 Å². The molecule has 0 aliphatic carbocycles. The molecule has 2 aromatic rings. The Hall–Kier alpha value is -3.15. The average Bonchev–Trinajstić information content (AvgIpc) is 3.01. The molecule has 2 aliphatic rings. The van der Waals surface area contributed by atoms with Crippen LogP contribution in [0, 0.1) is 6.92 Å². The van der Waals surface area contributed by atoms with E-state index in [9.17, 15) is 14.4 Å². The van der Waals surface area contributed by atoms with Gasteiger partial charge < -0.3 is 9.64 Å². The molecule has 0 aromatic heterocycles. The van der Waals surface area contributed by atoms with Gasteiger partial charge in [-0.3, -0.25) is 19.3 Å². The fourth-order valence-corrected chi connectivity index (χ4v) is 4.32. The van der Waals surface area contributed by atoms with Crippen LogP contribution in [0.1, 0.15) is 68.4 Å². The maximum absolute atomic E-state index is 13.4. The first kappa shape index (κ1) is 20.1. The second kappa shape index (κ2) is 7.94. The van der Waals surface area contributed by atoms with Crippen LogP contribution in [-0.2, 0) is 6.42 Å². The summed E-state index contributed by atoms with van der Waals surface area (Å²) in [5.74, 6) is -0.106. The predicted octanol–water partition coefficient (Wildman–Crippen LogP) is 3.99. The van der Waals surface area contributed by atoms with Gasteiger partial charge in [-0.05, 0) is 61.6 Å². The SMILES string of the molecule is CCCCN1C(=O)c2ccc(C(=O)N3CCCc4c(C)ccc(OC)c43)cc2C1=O. The number of amides is 3. The van der Waals surface area contributed by atoms with E-state index < -0.39 is 0 Å². The first-order valence-corrected chi connectivity index (χ1v) is 10.5. The normalized spacial score (nSPS) is 15.3. The van der Waals surface area contributed by atoms with Crippen molar-refractivity contribution in [2.45, 2.75) is 39.5 Å². The van der Waals surface area contributed by atoms with Crippen molar-refractivity contribution in [2.24, 2.45) is 0 Å². The lowest BCUT2D eigenvalue weighted by atomic mass is 9.95. The number of anilines is 1. The standard InChI is InChI=1S/C24H26N2O4/c1-4-5-12-26-23(28)18-10-9-16(14-19(18)24(26)29)22(27)25-13-6-7-17-15(2)8-11-20(30-3)21(17)25/h8-11,14H,4-7,12-13H2,1-3H3. The summed E-state index contributed by atoms with van der Waals surface area (Å²) in [6.07, 6.45) is 3.42. The number of nitrogens with zero attached hydrogens (tertiary/aromatic N) is 2. The van der Waals surface area contributed by atoms with Gasteiger partial charge in [0, 0.05) is 18.7 Å². The number of hydrogen-bond donors (Lipinski definition) is 0. The van der Waals surface area contributed by atoms with Crippen molar-refractivity contribution in [1.82, 2.24) is 4.90 Å². The molecule has 0 N–H and O–H groups in total. The van der Waals surface area contributed by atoms with Crippen molar-refractivity contribution >= 4 is 23.4 Å². The molecule has 6 heteroatoms. The molecule has 0 saturated heterocycles. The predicted molar refractivity (Wildman–Crippen MR) is 114 cm³/mol. The Morgan fingerprint density at radius 2 is 1.87 bits per heavy atom. The summed E-state index contributed by atoms with van der Waals surface area (Å²) in [6.45, 7) is 5.04. The van der Waals surface area contributed by atoms with Crippen molar-refractivity contribution in [3.8, 4) is 5.75 Å². The lowest BCUT2D eigenvalue weighted by Gasteiger charge is -2.32. The monoisotopic (exact) mass is 406 g/mol. The number of methoxy groups -OCH3 is 1. The largest absolute Gasteiger partial charge is 0.495 e. The number of carbonyl (C=O) groups excluding carboxylic acids is 3. The van der Waals surface area contributed by atoms with Gasteiger partial charge in [0.25, 0.3) is 17.7 Å². The van der Waals surface area contributed by atoms with E-state index in [0.717, 1.165) is 42.5 Å². The summed E-state index contributed by atoms with van der Waals surface area (Å²) in [5.41, 5.74) is 4.15. The van der Waals surface area contributed by atoms with Gasteiger partial charge in [-0.1, -0.05) is 19.4 Å². The molecule has 0 unspecified atom stereocenters. The molecule has 0 radical (unpaired) electrons. The topological polar surface area (TPSA) is 66.9 Å². The summed E-state index contributed by atoms with van der Waals surface area (Å²) in [5, 5.41) is 0. The third-order valence-electron chi connectivity index (χ3n) is 5.98. The molecule has 0 saturated carbocycles. The lowest BCUT2D eigenvalue weighted by molar-refractivity contribution is 0.0652. The molecule has 4 rings (SSSR count). The highest BCUT2D eigenvalue weighted by Gasteiger charge is 2.36. The number of hydrogen-bond acceptors (Lipinski definition) is 4. The van der Waals surface area contributed by atoms with Gasteiger partial charge in [0.1, 0.15) is 5.75 Å². The van der Waals surface area contributed by atoms with E-state index in [1.807, 2.05) is 26.0 Å². The van der Waals surface area contributed by atoms with Gasteiger partial charge in [0.15, 0.2) is 0 Å². The second-order valence-electron chi connectivity index (χ2n) is 7.85. The Labute approximate surface area is 176 Å².